The minimum Gasteiger partial charge on any atom is -0.322 e. The lowest BCUT2D eigenvalue weighted by atomic mass is 10.1. The lowest BCUT2D eigenvalue weighted by Crippen LogP contribution is -2.20. The average Bonchev–Trinajstić information content (AvgIpc) is 3.01. The summed E-state index contributed by atoms with van der Waals surface area (Å²) in [4.78, 5) is 26.2. The van der Waals surface area contributed by atoms with Gasteiger partial charge in [0, 0.05) is 18.4 Å². The zero-order chi connectivity index (χ0) is 22.2. The quantitative estimate of drug-likeness (QED) is 0.641. The number of fused-ring (bicyclic) bond motifs is 1. The summed E-state index contributed by atoms with van der Waals surface area (Å²) in [6.45, 7) is 1.92. The Labute approximate surface area is 180 Å². The Balaban J connectivity index is 1.61. The van der Waals surface area contributed by atoms with Crippen molar-refractivity contribution in [2.75, 3.05) is 22.0 Å². The highest BCUT2D eigenvalue weighted by Gasteiger charge is 2.27. The number of sulfonamides is 1. The molecule has 2 N–H and O–H groups in total. The fourth-order valence-corrected chi connectivity index (χ4v) is 4.64. The SMILES string of the molecule is Cc1cccc(NC(=O)c2ccccc2NS(=O)(=O)c2ccc3c(c2)CC(=O)N3C)c1. The van der Waals surface area contributed by atoms with Crippen LogP contribution in [0.3, 0.4) is 0 Å². The molecule has 0 saturated carbocycles. The fourth-order valence-electron chi connectivity index (χ4n) is 3.51. The number of nitrogens with zero attached hydrogens (tertiary/aromatic N) is 1. The maximum Gasteiger partial charge on any atom is 0.261 e. The molecule has 2 amide bonds. The van der Waals surface area contributed by atoms with Crippen LogP contribution in [0.1, 0.15) is 21.5 Å². The van der Waals surface area contributed by atoms with E-state index in [2.05, 4.69) is 10.0 Å². The van der Waals surface area contributed by atoms with Crippen LogP contribution >= 0.6 is 0 Å². The second kappa shape index (κ2) is 7.88. The van der Waals surface area contributed by atoms with Crippen LogP contribution in [-0.2, 0) is 21.2 Å². The minimum atomic E-state index is -3.97. The fraction of sp³-hybridized carbons (Fsp3) is 0.130. The molecule has 0 atom stereocenters. The van der Waals surface area contributed by atoms with Gasteiger partial charge in [-0.1, -0.05) is 24.3 Å². The Bertz CT molecular complexity index is 1300. The number of amides is 2. The predicted molar refractivity (Wildman–Crippen MR) is 120 cm³/mol. The van der Waals surface area contributed by atoms with E-state index < -0.39 is 15.9 Å². The van der Waals surface area contributed by atoms with Gasteiger partial charge in [0.1, 0.15) is 0 Å². The molecule has 0 saturated heterocycles. The lowest BCUT2D eigenvalue weighted by molar-refractivity contribution is -0.117. The van der Waals surface area contributed by atoms with E-state index in [-0.39, 0.29) is 28.5 Å². The zero-order valence-corrected chi connectivity index (χ0v) is 17.9. The van der Waals surface area contributed by atoms with E-state index in [4.69, 9.17) is 0 Å². The van der Waals surface area contributed by atoms with Gasteiger partial charge in [0.25, 0.3) is 15.9 Å². The first kappa shape index (κ1) is 20.6. The number of anilines is 3. The van der Waals surface area contributed by atoms with E-state index in [1.54, 1.807) is 37.4 Å². The van der Waals surface area contributed by atoms with Crippen molar-refractivity contribution in [3.05, 3.63) is 83.4 Å². The molecule has 1 aliphatic heterocycles. The number of benzene rings is 3. The summed E-state index contributed by atoms with van der Waals surface area (Å²) in [6.07, 6.45) is 0.157. The topological polar surface area (TPSA) is 95.6 Å². The first-order chi connectivity index (χ1) is 14.7. The molecule has 0 bridgehead atoms. The third-order valence-corrected chi connectivity index (χ3v) is 6.49. The number of carbonyl (C=O) groups is 2. The van der Waals surface area contributed by atoms with E-state index >= 15 is 0 Å². The maximum absolute atomic E-state index is 13.0. The van der Waals surface area contributed by atoms with Gasteiger partial charge >= 0.3 is 0 Å². The summed E-state index contributed by atoms with van der Waals surface area (Å²) in [5, 5.41) is 2.79. The first-order valence-electron chi connectivity index (χ1n) is 9.64. The van der Waals surface area contributed by atoms with E-state index in [0.717, 1.165) is 5.56 Å². The lowest BCUT2D eigenvalue weighted by Gasteiger charge is -2.14. The van der Waals surface area contributed by atoms with Gasteiger partial charge in [-0.2, -0.15) is 0 Å². The number of likely N-dealkylation sites (N-methyl/N-ethyl adjacent to an activating group) is 1. The molecule has 0 unspecified atom stereocenters. The Kier molecular flexibility index (Phi) is 5.24. The number of carbonyl (C=O) groups excluding carboxylic acids is 2. The van der Waals surface area contributed by atoms with Crippen molar-refractivity contribution in [1.29, 1.82) is 0 Å². The van der Waals surface area contributed by atoms with E-state index in [1.807, 2.05) is 25.1 Å². The minimum absolute atomic E-state index is 0.0308. The molecule has 4 rings (SSSR count). The highest BCUT2D eigenvalue weighted by Crippen LogP contribution is 2.30. The van der Waals surface area contributed by atoms with Crippen molar-refractivity contribution >= 4 is 38.9 Å². The molecule has 7 nitrogen and oxygen atoms in total. The van der Waals surface area contributed by atoms with Crippen LogP contribution in [0, 0.1) is 6.92 Å². The second-order valence-corrected chi connectivity index (χ2v) is 9.08. The zero-order valence-electron chi connectivity index (χ0n) is 17.0. The third-order valence-electron chi connectivity index (χ3n) is 5.13. The molecule has 1 heterocycles. The van der Waals surface area contributed by atoms with Crippen molar-refractivity contribution in [3.8, 4) is 0 Å². The number of rotatable bonds is 5. The average molecular weight is 436 g/mol. The molecule has 3 aromatic rings. The third kappa shape index (κ3) is 4.15. The predicted octanol–water partition coefficient (Wildman–Crippen LogP) is 3.57. The number of nitrogens with one attached hydrogen (secondary N) is 2. The van der Waals surface area contributed by atoms with Crippen LogP contribution in [0.2, 0.25) is 0 Å². The maximum atomic E-state index is 13.0. The molecule has 0 aromatic heterocycles. The molecular weight excluding hydrogens is 414 g/mol. The van der Waals surface area contributed by atoms with Gasteiger partial charge in [0.05, 0.1) is 22.6 Å². The molecule has 31 heavy (non-hydrogen) atoms. The van der Waals surface area contributed by atoms with Crippen LogP contribution in [0.5, 0.6) is 0 Å². The summed E-state index contributed by atoms with van der Waals surface area (Å²) in [5.74, 6) is -0.513. The van der Waals surface area contributed by atoms with Gasteiger partial charge in [0.15, 0.2) is 0 Å². The molecular formula is C23H21N3O4S. The van der Waals surface area contributed by atoms with E-state index in [1.165, 1.54) is 23.1 Å². The van der Waals surface area contributed by atoms with Gasteiger partial charge in [-0.25, -0.2) is 8.42 Å². The summed E-state index contributed by atoms with van der Waals surface area (Å²) in [7, 11) is -2.31. The monoisotopic (exact) mass is 435 g/mol. The van der Waals surface area contributed by atoms with Crippen molar-refractivity contribution < 1.29 is 18.0 Å². The molecule has 0 spiro atoms. The van der Waals surface area contributed by atoms with Crippen LogP contribution in [-0.4, -0.2) is 27.3 Å². The van der Waals surface area contributed by atoms with Crippen LogP contribution in [0.4, 0.5) is 17.1 Å². The largest absolute Gasteiger partial charge is 0.322 e. The molecule has 0 fully saturated rings. The van der Waals surface area contributed by atoms with E-state index in [0.29, 0.717) is 16.9 Å². The Hall–Kier alpha value is -3.65. The Morgan fingerprint density at radius 3 is 2.55 bits per heavy atom. The number of para-hydroxylation sites is 1. The first-order valence-corrected chi connectivity index (χ1v) is 11.1. The van der Waals surface area contributed by atoms with Gasteiger partial charge < -0.3 is 10.2 Å². The van der Waals surface area contributed by atoms with Gasteiger partial charge in [-0.15, -0.1) is 0 Å². The van der Waals surface area contributed by atoms with Gasteiger partial charge in [0.2, 0.25) is 5.91 Å². The highest BCUT2D eigenvalue weighted by molar-refractivity contribution is 7.92. The van der Waals surface area contributed by atoms with Crippen molar-refractivity contribution in [3.63, 3.8) is 0 Å². The van der Waals surface area contributed by atoms with Gasteiger partial charge in [-0.05, 0) is 60.5 Å². The van der Waals surface area contributed by atoms with Gasteiger partial charge in [-0.3, -0.25) is 14.3 Å². The van der Waals surface area contributed by atoms with Crippen LogP contribution in [0.25, 0.3) is 0 Å². The van der Waals surface area contributed by atoms with Crippen molar-refractivity contribution in [2.45, 2.75) is 18.2 Å². The van der Waals surface area contributed by atoms with Crippen LogP contribution in [0.15, 0.2) is 71.6 Å². The molecule has 158 valence electrons. The Morgan fingerprint density at radius 1 is 1.00 bits per heavy atom. The highest BCUT2D eigenvalue weighted by atomic mass is 32.2. The summed E-state index contributed by atoms with van der Waals surface area (Å²) >= 11 is 0. The number of hydrogen-bond donors (Lipinski definition) is 2. The molecule has 0 aliphatic carbocycles. The van der Waals surface area contributed by atoms with Crippen molar-refractivity contribution in [1.82, 2.24) is 0 Å². The standard InChI is InChI=1S/C23H21N3O4S/c1-15-6-5-7-17(12-15)24-23(28)19-8-3-4-9-20(19)25-31(29,30)18-10-11-21-16(13-18)14-22(27)26(21)2/h3-13,25H,14H2,1-2H3,(H,24,28). The van der Waals surface area contributed by atoms with Crippen LogP contribution < -0.4 is 14.9 Å². The number of hydrogen-bond acceptors (Lipinski definition) is 4. The summed E-state index contributed by atoms with van der Waals surface area (Å²) in [6, 6.07) is 18.3. The van der Waals surface area contributed by atoms with Crippen molar-refractivity contribution in [2.24, 2.45) is 0 Å². The summed E-state index contributed by atoms with van der Waals surface area (Å²) in [5.41, 5.74) is 3.33. The molecule has 1 aliphatic rings. The molecule has 8 heteroatoms. The normalized spacial score (nSPS) is 13.1. The smallest absolute Gasteiger partial charge is 0.261 e. The van der Waals surface area contributed by atoms with E-state index in [9.17, 15) is 18.0 Å². The number of aryl methyl sites for hydroxylation is 1. The molecule has 0 radical (unpaired) electrons. The second-order valence-electron chi connectivity index (χ2n) is 7.39. The summed E-state index contributed by atoms with van der Waals surface area (Å²) < 4.78 is 28.5. The molecule has 3 aromatic carbocycles. The Morgan fingerprint density at radius 2 is 1.77 bits per heavy atom.